The summed E-state index contributed by atoms with van der Waals surface area (Å²) >= 11 is 0. The largest absolute Gasteiger partial charge is 0.488 e. The van der Waals surface area contributed by atoms with Gasteiger partial charge in [0, 0.05) is 5.69 Å². The van der Waals surface area contributed by atoms with Crippen molar-refractivity contribution in [1.29, 1.82) is 0 Å². The van der Waals surface area contributed by atoms with Crippen molar-refractivity contribution >= 4 is 11.6 Å². The van der Waals surface area contributed by atoms with E-state index in [1.165, 1.54) is 6.07 Å². The topological polar surface area (TPSA) is 64.4 Å². The van der Waals surface area contributed by atoms with Crippen molar-refractivity contribution in [3.63, 3.8) is 0 Å². The molecular formula is C18H13FN2O3. The highest BCUT2D eigenvalue weighted by Crippen LogP contribution is 2.38. The highest BCUT2D eigenvalue weighted by molar-refractivity contribution is 6.04. The normalized spacial score (nSPS) is 12.1. The molecule has 0 bridgehead atoms. The Hall–Kier alpha value is -3.15. The Morgan fingerprint density at radius 3 is 2.92 bits per heavy atom. The van der Waals surface area contributed by atoms with E-state index in [0.29, 0.717) is 28.3 Å². The fourth-order valence-corrected chi connectivity index (χ4v) is 2.62. The molecule has 0 saturated heterocycles. The highest BCUT2D eigenvalue weighted by atomic mass is 19.1. The summed E-state index contributed by atoms with van der Waals surface area (Å²) in [5, 5.41) is 6.50. The maximum absolute atomic E-state index is 13.6. The molecule has 2 aromatic carbocycles. The molecule has 0 fully saturated rings. The number of anilines is 1. The summed E-state index contributed by atoms with van der Waals surface area (Å²) in [7, 11) is 0. The van der Waals surface area contributed by atoms with E-state index >= 15 is 0 Å². The molecule has 0 aliphatic carbocycles. The fourth-order valence-electron chi connectivity index (χ4n) is 2.62. The molecule has 1 N–H and O–H groups in total. The summed E-state index contributed by atoms with van der Waals surface area (Å²) in [4.78, 5) is 12.4. The first-order valence-corrected chi connectivity index (χ1v) is 7.42. The molecule has 3 aromatic rings. The molecule has 0 saturated carbocycles. The van der Waals surface area contributed by atoms with Crippen LogP contribution in [0.15, 0.2) is 47.0 Å². The van der Waals surface area contributed by atoms with Gasteiger partial charge in [-0.1, -0.05) is 23.4 Å². The van der Waals surface area contributed by atoms with Crippen LogP contribution in [-0.2, 0) is 6.61 Å². The number of ether oxygens (including phenoxy) is 1. The van der Waals surface area contributed by atoms with Crippen molar-refractivity contribution in [3.8, 4) is 17.1 Å². The molecule has 5 nitrogen and oxygen atoms in total. The first-order chi connectivity index (χ1) is 11.6. The quantitative estimate of drug-likeness (QED) is 0.775. The number of hydrogen-bond acceptors (Lipinski definition) is 4. The zero-order valence-corrected chi connectivity index (χ0v) is 12.8. The van der Waals surface area contributed by atoms with Gasteiger partial charge < -0.3 is 14.6 Å². The standard InChI is InChI=1S/C18H13FN2O3/c1-10-6-7-11(8-14(10)19)20-18(22)16-13-9-23-15-5-3-2-4-12(15)17(13)24-21-16/h2-8H,9H2,1H3,(H,20,22). The van der Waals surface area contributed by atoms with Crippen molar-refractivity contribution in [2.75, 3.05) is 5.32 Å². The molecule has 0 radical (unpaired) electrons. The van der Waals surface area contributed by atoms with Gasteiger partial charge in [-0.25, -0.2) is 4.39 Å². The smallest absolute Gasteiger partial charge is 0.278 e. The van der Waals surface area contributed by atoms with Gasteiger partial charge >= 0.3 is 0 Å². The van der Waals surface area contributed by atoms with Crippen LogP contribution in [0, 0.1) is 12.7 Å². The second-order valence-corrected chi connectivity index (χ2v) is 5.54. The number of aromatic nitrogens is 1. The number of carbonyl (C=O) groups is 1. The fraction of sp³-hybridized carbons (Fsp3) is 0.111. The van der Waals surface area contributed by atoms with Gasteiger partial charge in [-0.2, -0.15) is 0 Å². The maximum atomic E-state index is 13.6. The zero-order valence-electron chi connectivity index (χ0n) is 12.8. The van der Waals surface area contributed by atoms with Crippen LogP contribution in [0.3, 0.4) is 0 Å². The minimum absolute atomic E-state index is 0.139. The van der Waals surface area contributed by atoms with Gasteiger partial charge in [-0.15, -0.1) is 0 Å². The number of carbonyl (C=O) groups excluding carboxylic acids is 1. The Morgan fingerprint density at radius 2 is 2.08 bits per heavy atom. The number of hydrogen-bond donors (Lipinski definition) is 1. The lowest BCUT2D eigenvalue weighted by molar-refractivity contribution is 0.101. The van der Waals surface area contributed by atoms with E-state index in [2.05, 4.69) is 10.5 Å². The first-order valence-electron chi connectivity index (χ1n) is 7.42. The first kappa shape index (κ1) is 14.4. The summed E-state index contributed by atoms with van der Waals surface area (Å²) in [5.41, 5.74) is 2.35. The van der Waals surface area contributed by atoms with Gasteiger partial charge in [-0.05, 0) is 36.8 Å². The number of fused-ring (bicyclic) bond motifs is 3. The Kier molecular flexibility index (Phi) is 3.30. The number of nitrogens with one attached hydrogen (secondary N) is 1. The van der Waals surface area contributed by atoms with Crippen LogP contribution in [0.1, 0.15) is 21.6 Å². The van der Waals surface area contributed by atoms with Gasteiger partial charge in [0.2, 0.25) is 0 Å². The minimum Gasteiger partial charge on any atom is -0.488 e. The zero-order chi connectivity index (χ0) is 16.7. The summed E-state index contributed by atoms with van der Waals surface area (Å²) in [5.74, 6) is 0.365. The third-order valence-corrected chi connectivity index (χ3v) is 3.94. The van der Waals surface area contributed by atoms with E-state index in [4.69, 9.17) is 9.26 Å². The van der Waals surface area contributed by atoms with E-state index < -0.39 is 5.91 Å². The number of aryl methyl sites for hydroxylation is 1. The lowest BCUT2D eigenvalue weighted by atomic mass is 10.0. The SMILES string of the molecule is Cc1ccc(NC(=O)c2noc3c2COc2ccccc2-3)cc1F. The Balaban J connectivity index is 1.65. The molecule has 6 heteroatoms. The van der Waals surface area contributed by atoms with Gasteiger partial charge in [0.05, 0.1) is 11.1 Å². The van der Waals surface area contributed by atoms with Crippen LogP contribution < -0.4 is 10.1 Å². The predicted molar refractivity (Wildman–Crippen MR) is 85.4 cm³/mol. The number of amides is 1. The molecule has 1 aromatic heterocycles. The van der Waals surface area contributed by atoms with Crippen molar-refractivity contribution < 1.29 is 18.4 Å². The average molecular weight is 324 g/mol. The van der Waals surface area contributed by atoms with Crippen molar-refractivity contribution in [2.24, 2.45) is 0 Å². The summed E-state index contributed by atoms with van der Waals surface area (Å²) in [6.45, 7) is 1.85. The van der Waals surface area contributed by atoms with Crippen LogP contribution in [0.2, 0.25) is 0 Å². The number of halogens is 1. The third kappa shape index (κ3) is 2.32. The van der Waals surface area contributed by atoms with Crippen LogP contribution in [-0.4, -0.2) is 11.1 Å². The molecule has 0 spiro atoms. The Bertz CT molecular complexity index is 949. The molecule has 1 amide bonds. The van der Waals surface area contributed by atoms with E-state index in [1.54, 1.807) is 19.1 Å². The van der Waals surface area contributed by atoms with E-state index in [-0.39, 0.29) is 18.1 Å². The van der Waals surface area contributed by atoms with Crippen molar-refractivity contribution in [2.45, 2.75) is 13.5 Å². The molecule has 24 heavy (non-hydrogen) atoms. The molecule has 0 unspecified atom stereocenters. The third-order valence-electron chi connectivity index (χ3n) is 3.94. The van der Waals surface area contributed by atoms with Crippen molar-refractivity contribution in [1.82, 2.24) is 5.16 Å². The van der Waals surface area contributed by atoms with Gasteiger partial charge in [0.15, 0.2) is 11.5 Å². The lowest BCUT2D eigenvalue weighted by Crippen LogP contribution is -2.16. The monoisotopic (exact) mass is 324 g/mol. The molecule has 2 heterocycles. The number of rotatable bonds is 2. The number of para-hydroxylation sites is 1. The van der Waals surface area contributed by atoms with Crippen LogP contribution in [0.25, 0.3) is 11.3 Å². The summed E-state index contributed by atoms with van der Waals surface area (Å²) in [6, 6.07) is 11.9. The van der Waals surface area contributed by atoms with Gasteiger partial charge in [0.25, 0.3) is 5.91 Å². The van der Waals surface area contributed by atoms with Gasteiger partial charge in [0.1, 0.15) is 18.2 Å². The molecular weight excluding hydrogens is 311 g/mol. The predicted octanol–water partition coefficient (Wildman–Crippen LogP) is 3.93. The minimum atomic E-state index is -0.466. The van der Waals surface area contributed by atoms with Crippen molar-refractivity contribution in [3.05, 3.63) is 65.1 Å². The Morgan fingerprint density at radius 1 is 1.25 bits per heavy atom. The summed E-state index contributed by atoms with van der Waals surface area (Å²) in [6.07, 6.45) is 0. The van der Waals surface area contributed by atoms with Gasteiger partial charge in [-0.3, -0.25) is 4.79 Å². The van der Waals surface area contributed by atoms with Crippen LogP contribution in [0.4, 0.5) is 10.1 Å². The molecule has 1 aliphatic rings. The molecule has 1 aliphatic heterocycles. The second kappa shape index (κ2) is 5.49. The van der Waals surface area contributed by atoms with Crippen LogP contribution in [0.5, 0.6) is 5.75 Å². The molecule has 0 atom stereocenters. The summed E-state index contributed by atoms with van der Waals surface area (Å²) < 4.78 is 24.6. The Labute approximate surface area is 137 Å². The number of nitrogens with zero attached hydrogens (tertiary/aromatic N) is 1. The van der Waals surface area contributed by atoms with E-state index in [9.17, 15) is 9.18 Å². The lowest BCUT2D eigenvalue weighted by Gasteiger charge is -2.15. The highest BCUT2D eigenvalue weighted by Gasteiger charge is 2.28. The molecule has 4 rings (SSSR count). The van der Waals surface area contributed by atoms with Crippen LogP contribution >= 0.6 is 0 Å². The van der Waals surface area contributed by atoms with E-state index in [1.807, 2.05) is 24.3 Å². The van der Waals surface area contributed by atoms with E-state index in [0.717, 1.165) is 5.56 Å². The maximum Gasteiger partial charge on any atom is 0.278 e. The molecule has 120 valence electrons. The average Bonchev–Trinajstić information content (AvgIpc) is 3.03. The number of benzene rings is 2. The second-order valence-electron chi connectivity index (χ2n) is 5.54.